The van der Waals surface area contributed by atoms with Gasteiger partial charge in [-0.05, 0) is 37.3 Å². The van der Waals surface area contributed by atoms with Crippen molar-refractivity contribution in [2.75, 3.05) is 4.72 Å². The molecule has 0 saturated heterocycles. The minimum Gasteiger partial charge on any atom is -0.255 e. The van der Waals surface area contributed by atoms with Crippen LogP contribution in [-0.2, 0) is 10.0 Å². The predicted octanol–water partition coefficient (Wildman–Crippen LogP) is 3.54. The lowest BCUT2D eigenvalue weighted by Crippen LogP contribution is -2.12. The van der Waals surface area contributed by atoms with E-state index in [1.54, 1.807) is 12.1 Å². The molecule has 7 heteroatoms. The number of halogens is 1. The standard InChI is InChI=1S/C14H11FN2O2S2/c1-9-2-5-11(6-3-9)21(18,19)17-14-16-12-7-4-10(15)8-13(12)20-14/h2-8H,1H3,(H,16,17). The van der Waals surface area contributed by atoms with Crippen molar-refractivity contribution in [3.8, 4) is 0 Å². The Labute approximate surface area is 125 Å². The Kier molecular flexibility index (Phi) is 3.38. The maximum Gasteiger partial charge on any atom is 0.263 e. The summed E-state index contributed by atoms with van der Waals surface area (Å²) in [5.74, 6) is -0.376. The van der Waals surface area contributed by atoms with Crippen LogP contribution in [0.5, 0.6) is 0 Å². The minimum absolute atomic E-state index is 0.165. The lowest BCUT2D eigenvalue weighted by molar-refractivity contribution is 0.601. The molecule has 4 nitrogen and oxygen atoms in total. The maximum atomic E-state index is 13.1. The Hall–Kier alpha value is -1.99. The molecule has 0 saturated carbocycles. The largest absolute Gasteiger partial charge is 0.263 e. The fraction of sp³-hybridized carbons (Fsp3) is 0.0714. The number of fused-ring (bicyclic) bond motifs is 1. The molecule has 0 atom stereocenters. The molecule has 0 bridgehead atoms. The van der Waals surface area contributed by atoms with Crippen LogP contribution < -0.4 is 4.72 Å². The molecule has 108 valence electrons. The molecule has 0 spiro atoms. The van der Waals surface area contributed by atoms with Crippen LogP contribution in [0.3, 0.4) is 0 Å². The van der Waals surface area contributed by atoms with Crippen molar-refractivity contribution in [1.82, 2.24) is 4.98 Å². The van der Waals surface area contributed by atoms with Gasteiger partial charge in [-0.3, -0.25) is 4.72 Å². The monoisotopic (exact) mass is 322 g/mol. The number of aromatic nitrogens is 1. The van der Waals surface area contributed by atoms with Crippen LogP contribution in [0.4, 0.5) is 9.52 Å². The van der Waals surface area contributed by atoms with E-state index >= 15 is 0 Å². The first-order chi connectivity index (χ1) is 9.94. The number of nitrogens with one attached hydrogen (secondary N) is 1. The Bertz CT molecular complexity index is 902. The summed E-state index contributed by atoms with van der Waals surface area (Å²) in [5, 5.41) is 0.219. The van der Waals surface area contributed by atoms with Crippen LogP contribution in [-0.4, -0.2) is 13.4 Å². The number of thiazole rings is 1. The Balaban J connectivity index is 1.95. The topological polar surface area (TPSA) is 59.1 Å². The highest BCUT2D eigenvalue weighted by atomic mass is 32.2. The summed E-state index contributed by atoms with van der Waals surface area (Å²) in [6, 6.07) is 10.7. The number of hydrogen-bond acceptors (Lipinski definition) is 4. The van der Waals surface area contributed by atoms with Gasteiger partial charge in [0.05, 0.1) is 15.1 Å². The number of anilines is 1. The summed E-state index contributed by atoms with van der Waals surface area (Å²) in [6.07, 6.45) is 0. The van der Waals surface area contributed by atoms with Crippen molar-refractivity contribution < 1.29 is 12.8 Å². The third-order valence-corrected chi connectivity index (χ3v) is 5.32. The highest BCUT2D eigenvalue weighted by Crippen LogP contribution is 2.28. The first-order valence-electron chi connectivity index (χ1n) is 6.10. The van der Waals surface area contributed by atoms with Gasteiger partial charge in [-0.1, -0.05) is 29.0 Å². The second kappa shape index (κ2) is 5.09. The number of hydrogen-bond donors (Lipinski definition) is 1. The smallest absolute Gasteiger partial charge is 0.255 e. The number of nitrogens with zero attached hydrogens (tertiary/aromatic N) is 1. The fourth-order valence-corrected chi connectivity index (χ4v) is 3.96. The summed E-state index contributed by atoms with van der Waals surface area (Å²) in [6.45, 7) is 1.88. The number of rotatable bonds is 3. The summed E-state index contributed by atoms with van der Waals surface area (Å²) in [4.78, 5) is 4.31. The first kappa shape index (κ1) is 14.0. The summed E-state index contributed by atoms with van der Waals surface area (Å²) in [5.41, 5.74) is 1.53. The van der Waals surface area contributed by atoms with Gasteiger partial charge in [0, 0.05) is 0 Å². The van der Waals surface area contributed by atoms with E-state index in [0.29, 0.717) is 10.2 Å². The van der Waals surface area contributed by atoms with E-state index in [9.17, 15) is 12.8 Å². The van der Waals surface area contributed by atoms with Crippen LogP contribution in [0.1, 0.15) is 5.56 Å². The molecule has 0 unspecified atom stereocenters. The average Bonchev–Trinajstić information content (AvgIpc) is 2.79. The van der Waals surface area contributed by atoms with Crippen molar-refractivity contribution in [3.63, 3.8) is 0 Å². The van der Waals surface area contributed by atoms with E-state index in [1.807, 2.05) is 6.92 Å². The molecule has 0 radical (unpaired) electrons. The molecule has 0 amide bonds. The van der Waals surface area contributed by atoms with Gasteiger partial charge in [0.15, 0.2) is 5.13 Å². The normalized spacial score (nSPS) is 11.7. The molecule has 0 aliphatic heterocycles. The average molecular weight is 322 g/mol. The zero-order valence-electron chi connectivity index (χ0n) is 11.0. The van der Waals surface area contributed by atoms with Crippen LogP contribution in [0.15, 0.2) is 47.4 Å². The third-order valence-electron chi connectivity index (χ3n) is 2.90. The highest BCUT2D eigenvalue weighted by molar-refractivity contribution is 7.93. The summed E-state index contributed by atoms with van der Waals surface area (Å²) in [7, 11) is -3.68. The Morgan fingerprint density at radius 3 is 2.57 bits per heavy atom. The van der Waals surface area contributed by atoms with Crippen LogP contribution in [0.2, 0.25) is 0 Å². The summed E-state index contributed by atoms with van der Waals surface area (Å²) < 4.78 is 40.6. The molecule has 3 aromatic rings. The lowest BCUT2D eigenvalue weighted by atomic mass is 10.2. The van der Waals surface area contributed by atoms with Gasteiger partial charge in [0.25, 0.3) is 10.0 Å². The van der Waals surface area contributed by atoms with Gasteiger partial charge in [0.2, 0.25) is 0 Å². The summed E-state index contributed by atoms with van der Waals surface area (Å²) >= 11 is 1.09. The van der Waals surface area contributed by atoms with Crippen LogP contribution >= 0.6 is 11.3 Å². The van der Waals surface area contributed by atoms with E-state index in [0.717, 1.165) is 16.9 Å². The number of benzene rings is 2. The molecule has 0 fully saturated rings. The van der Waals surface area contributed by atoms with Crippen LogP contribution in [0, 0.1) is 12.7 Å². The molecule has 1 N–H and O–H groups in total. The van der Waals surface area contributed by atoms with E-state index in [-0.39, 0.29) is 15.8 Å². The van der Waals surface area contributed by atoms with E-state index < -0.39 is 10.0 Å². The second-order valence-corrected chi connectivity index (χ2v) is 7.26. The van der Waals surface area contributed by atoms with Gasteiger partial charge < -0.3 is 0 Å². The predicted molar refractivity (Wildman–Crippen MR) is 81.6 cm³/mol. The molecular weight excluding hydrogens is 311 g/mol. The van der Waals surface area contributed by atoms with Gasteiger partial charge in [-0.25, -0.2) is 17.8 Å². The van der Waals surface area contributed by atoms with Gasteiger partial charge in [-0.15, -0.1) is 0 Å². The molecule has 1 heterocycles. The van der Waals surface area contributed by atoms with E-state index in [4.69, 9.17) is 0 Å². The number of aryl methyl sites for hydroxylation is 1. The second-order valence-electron chi connectivity index (χ2n) is 4.55. The quantitative estimate of drug-likeness (QED) is 0.802. The minimum atomic E-state index is -3.68. The maximum absolute atomic E-state index is 13.1. The van der Waals surface area contributed by atoms with Crippen molar-refractivity contribution in [1.29, 1.82) is 0 Å². The number of sulfonamides is 1. The van der Waals surface area contributed by atoms with Crippen molar-refractivity contribution in [3.05, 3.63) is 53.8 Å². The zero-order chi connectivity index (χ0) is 15.0. The van der Waals surface area contributed by atoms with Gasteiger partial charge in [-0.2, -0.15) is 0 Å². The zero-order valence-corrected chi connectivity index (χ0v) is 12.6. The Morgan fingerprint density at radius 1 is 1.14 bits per heavy atom. The van der Waals surface area contributed by atoms with Crippen molar-refractivity contribution in [2.24, 2.45) is 0 Å². The fourth-order valence-electron chi connectivity index (χ4n) is 1.83. The third kappa shape index (κ3) is 2.88. The highest BCUT2D eigenvalue weighted by Gasteiger charge is 2.16. The van der Waals surface area contributed by atoms with E-state index in [1.165, 1.54) is 30.3 Å². The molecule has 0 aliphatic carbocycles. The molecule has 1 aromatic heterocycles. The van der Waals surface area contributed by atoms with Gasteiger partial charge >= 0.3 is 0 Å². The molecule has 2 aromatic carbocycles. The van der Waals surface area contributed by atoms with Crippen LogP contribution in [0.25, 0.3) is 10.2 Å². The molecular formula is C14H11FN2O2S2. The molecule has 21 heavy (non-hydrogen) atoms. The van der Waals surface area contributed by atoms with E-state index in [2.05, 4.69) is 9.71 Å². The molecule has 0 aliphatic rings. The van der Waals surface area contributed by atoms with Crippen molar-refractivity contribution in [2.45, 2.75) is 11.8 Å². The SMILES string of the molecule is Cc1ccc(S(=O)(=O)Nc2nc3ccc(F)cc3s2)cc1. The lowest BCUT2D eigenvalue weighted by Gasteiger charge is -2.04. The van der Waals surface area contributed by atoms with Gasteiger partial charge in [0.1, 0.15) is 5.82 Å². The van der Waals surface area contributed by atoms with Crippen molar-refractivity contribution >= 4 is 36.7 Å². The Morgan fingerprint density at radius 2 is 1.86 bits per heavy atom. The first-order valence-corrected chi connectivity index (χ1v) is 8.40. The molecule has 3 rings (SSSR count).